The standard InChI is InChI=1S/C14H28O3.C4H6O4.Na/c1-3-5-7-9-11-14(17,13(15)16)12-10-8-6-4-2;5-3(6)1-2-4(7)8;/h17H,3-12H2,1-2H3,(H,15,16);1-2H2,(H,5,6)(H,7,8);/q;;+1/p-1. The van der Waals surface area contributed by atoms with Gasteiger partial charge in [-0.2, -0.15) is 0 Å². The van der Waals surface area contributed by atoms with Crippen LogP contribution in [-0.4, -0.2) is 38.8 Å². The molecule has 0 bridgehead atoms. The molecule has 0 heterocycles. The zero-order valence-corrected chi connectivity index (χ0v) is 18.5. The van der Waals surface area contributed by atoms with Gasteiger partial charge in [-0.05, 0) is 32.1 Å². The van der Waals surface area contributed by atoms with Gasteiger partial charge >= 0.3 is 41.5 Å². The smallest absolute Gasteiger partial charge is 0.550 e. The van der Waals surface area contributed by atoms with Crippen molar-refractivity contribution in [2.75, 3.05) is 0 Å². The summed E-state index contributed by atoms with van der Waals surface area (Å²) in [5, 5.41) is 36.6. The van der Waals surface area contributed by atoms with Crippen LogP contribution in [-0.2, 0) is 14.4 Å². The average molecular weight is 384 g/mol. The number of carboxylic acids is 3. The van der Waals surface area contributed by atoms with Crippen LogP contribution in [0, 0.1) is 0 Å². The molecule has 0 amide bonds. The maximum Gasteiger partial charge on any atom is 1.00 e. The summed E-state index contributed by atoms with van der Waals surface area (Å²) in [6, 6.07) is 0. The molecule has 148 valence electrons. The SMILES string of the molecule is CCCCCCC(O)(CCCCCC)C(=O)O.O=C([O-])CCC(=O)O.[Na+]. The molecule has 0 fully saturated rings. The van der Waals surface area contributed by atoms with Gasteiger partial charge in [0.1, 0.15) is 0 Å². The van der Waals surface area contributed by atoms with E-state index in [1.165, 1.54) is 0 Å². The first kappa shape index (κ1) is 30.1. The van der Waals surface area contributed by atoms with Gasteiger partial charge in [-0.25, -0.2) is 4.79 Å². The van der Waals surface area contributed by atoms with Crippen molar-refractivity contribution in [2.45, 2.75) is 96.5 Å². The number of aliphatic carboxylic acids is 3. The van der Waals surface area contributed by atoms with E-state index in [1.54, 1.807) is 0 Å². The Morgan fingerprint density at radius 1 is 0.808 bits per heavy atom. The monoisotopic (exact) mass is 384 g/mol. The summed E-state index contributed by atoms with van der Waals surface area (Å²) in [4.78, 5) is 30.2. The van der Waals surface area contributed by atoms with E-state index in [-0.39, 0.29) is 36.0 Å². The van der Waals surface area contributed by atoms with Crippen LogP contribution in [0.2, 0.25) is 0 Å². The van der Waals surface area contributed by atoms with Gasteiger partial charge in [-0.15, -0.1) is 0 Å². The van der Waals surface area contributed by atoms with E-state index in [0.717, 1.165) is 51.4 Å². The molecule has 7 nitrogen and oxygen atoms in total. The number of carboxylic acid groups (broad SMARTS) is 3. The first-order valence-electron chi connectivity index (χ1n) is 9.07. The van der Waals surface area contributed by atoms with Crippen molar-refractivity contribution in [1.82, 2.24) is 0 Å². The summed E-state index contributed by atoms with van der Waals surface area (Å²) in [6.45, 7) is 4.24. The molecular formula is C18H33NaO7. The third kappa shape index (κ3) is 19.7. The molecule has 0 aromatic rings. The molecular weight excluding hydrogens is 351 g/mol. The zero-order chi connectivity index (χ0) is 19.7. The molecule has 26 heavy (non-hydrogen) atoms. The summed E-state index contributed by atoms with van der Waals surface area (Å²) in [5.74, 6) is -3.49. The number of rotatable bonds is 14. The van der Waals surface area contributed by atoms with Crippen molar-refractivity contribution in [3.8, 4) is 0 Å². The van der Waals surface area contributed by atoms with Crippen LogP contribution in [0.25, 0.3) is 0 Å². The number of aliphatic hydroxyl groups is 1. The van der Waals surface area contributed by atoms with Gasteiger partial charge in [0.15, 0.2) is 5.60 Å². The van der Waals surface area contributed by atoms with Crippen molar-refractivity contribution in [3.63, 3.8) is 0 Å². The second kappa shape index (κ2) is 19.1. The topological polar surface area (TPSA) is 135 Å². The van der Waals surface area contributed by atoms with Gasteiger partial charge in [0.05, 0.1) is 6.42 Å². The second-order valence-electron chi connectivity index (χ2n) is 6.22. The minimum atomic E-state index is -1.48. The molecule has 0 aliphatic carbocycles. The fourth-order valence-corrected chi connectivity index (χ4v) is 2.24. The van der Waals surface area contributed by atoms with Crippen LogP contribution in [0.15, 0.2) is 0 Å². The van der Waals surface area contributed by atoms with Crippen LogP contribution in [0.4, 0.5) is 0 Å². The molecule has 0 spiro atoms. The molecule has 0 aliphatic heterocycles. The Bertz CT molecular complexity index is 360. The summed E-state index contributed by atoms with van der Waals surface area (Å²) in [5.41, 5.74) is -1.48. The molecule has 0 aromatic heterocycles. The fraction of sp³-hybridized carbons (Fsp3) is 0.833. The number of hydrogen-bond donors (Lipinski definition) is 3. The Morgan fingerprint density at radius 2 is 1.23 bits per heavy atom. The Balaban J connectivity index is -0.000000498. The maximum atomic E-state index is 11.1. The molecule has 0 saturated heterocycles. The van der Waals surface area contributed by atoms with E-state index in [1.807, 2.05) is 0 Å². The van der Waals surface area contributed by atoms with E-state index in [0.29, 0.717) is 12.8 Å². The molecule has 3 N–H and O–H groups in total. The molecule has 0 aliphatic rings. The van der Waals surface area contributed by atoms with Crippen LogP contribution < -0.4 is 34.7 Å². The van der Waals surface area contributed by atoms with Gasteiger partial charge in [0.25, 0.3) is 0 Å². The average Bonchev–Trinajstić information content (AvgIpc) is 2.54. The summed E-state index contributed by atoms with van der Waals surface area (Å²) in [7, 11) is 0. The van der Waals surface area contributed by atoms with Gasteiger partial charge in [-0.1, -0.05) is 52.4 Å². The maximum absolute atomic E-state index is 11.1. The molecule has 0 unspecified atom stereocenters. The molecule has 0 saturated carbocycles. The number of hydrogen-bond acceptors (Lipinski definition) is 5. The van der Waals surface area contributed by atoms with E-state index < -0.39 is 29.9 Å². The number of carbonyl (C=O) groups is 3. The van der Waals surface area contributed by atoms with Crippen molar-refractivity contribution in [2.24, 2.45) is 0 Å². The summed E-state index contributed by atoms with van der Waals surface area (Å²) >= 11 is 0. The largest absolute Gasteiger partial charge is 1.00 e. The van der Waals surface area contributed by atoms with Crippen molar-refractivity contribution in [3.05, 3.63) is 0 Å². The van der Waals surface area contributed by atoms with E-state index in [4.69, 9.17) is 10.2 Å². The third-order valence-corrected chi connectivity index (χ3v) is 3.83. The molecule has 0 rings (SSSR count). The Labute approximate surface area is 178 Å². The van der Waals surface area contributed by atoms with E-state index in [9.17, 15) is 24.6 Å². The normalized spacial score (nSPS) is 10.3. The second-order valence-corrected chi connectivity index (χ2v) is 6.22. The van der Waals surface area contributed by atoms with Crippen LogP contribution in [0.1, 0.15) is 90.9 Å². The molecule has 0 atom stereocenters. The predicted molar refractivity (Wildman–Crippen MR) is 92.0 cm³/mol. The number of unbranched alkanes of at least 4 members (excludes halogenated alkanes) is 6. The number of carbonyl (C=O) groups excluding carboxylic acids is 1. The Hall–Kier alpha value is -0.630. The molecule has 8 heteroatoms. The fourth-order valence-electron chi connectivity index (χ4n) is 2.24. The minimum absolute atomic E-state index is 0. The Kier molecular flexibility index (Phi) is 22.2. The quantitative estimate of drug-likeness (QED) is 0.267. The van der Waals surface area contributed by atoms with Gasteiger partial charge in [-0.3, -0.25) is 4.79 Å². The molecule has 0 aromatic carbocycles. The van der Waals surface area contributed by atoms with Crippen molar-refractivity contribution < 1.29 is 64.4 Å². The summed E-state index contributed by atoms with van der Waals surface area (Å²) < 4.78 is 0. The van der Waals surface area contributed by atoms with Crippen molar-refractivity contribution >= 4 is 17.9 Å². The third-order valence-electron chi connectivity index (χ3n) is 3.83. The Morgan fingerprint density at radius 3 is 1.46 bits per heavy atom. The van der Waals surface area contributed by atoms with E-state index >= 15 is 0 Å². The van der Waals surface area contributed by atoms with Gasteiger partial charge in [0, 0.05) is 5.97 Å². The van der Waals surface area contributed by atoms with Crippen LogP contribution >= 0.6 is 0 Å². The van der Waals surface area contributed by atoms with Crippen LogP contribution in [0.3, 0.4) is 0 Å². The van der Waals surface area contributed by atoms with Gasteiger partial charge < -0.3 is 25.2 Å². The predicted octanol–water partition coefficient (Wildman–Crippen LogP) is -0.652. The van der Waals surface area contributed by atoms with Gasteiger partial charge in [0.2, 0.25) is 0 Å². The first-order chi connectivity index (χ1) is 11.7. The van der Waals surface area contributed by atoms with Crippen molar-refractivity contribution in [1.29, 1.82) is 0 Å². The van der Waals surface area contributed by atoms with E-state index in [2.05, 4.69) is 13.8 Å². The first-order valence-corrected chi connectivity index (χ1v) is 9.07. The zero-order valence-electron chi connectivity index (χ0n) is 16.5. The molecule has 0 radical (unpaired) electrons. The minimum Gasteiger partial charge on any atom is -0.550 e. The van der Waals surface area contributed by atoms with Crippen LogP contribution in [0.5, 0.6) is 0 Å². The summed E-state index contributed by atoms with van der Waals surface area (Å²) in [6.07, 6.45) is 8.17.